The minimum absolute atomic E-state index is 0.177. The predicted octanol–water partition coefficient (Wildman–Crippen LogP) is 4.49. The van der Waals surface area contributed by atoms with Gasteiger partial charge in [0.05, 0.1) is 17.7 Å². The molecule has 1 N–H and O–H groups in total. The van der Waals surface area contributed by atoms with Crippen LogP contribution in [0.5, 0.6) is 5.75 Å². The molecule has 3 aromatic rings. The third-order valence-corrected chi connectivity index (χ3v) is 4.70. The number of carbonyl (C=O) groups excluding carboxylic acids is 1. The maximum absolute atomic E-state index is 12.4. The molecule has 1 amide bonds. The lowest BCUT2D eigenvalue weighted by molar-refractivity contribution is 0.102. The van der Waals surface area contributed by atoms with Gasteiger partial charge < -0.3 is 14.5 Å². The Balaban J connectivity index is 1.78. The number of hydrogen-bond donors (Lipinski definition) is 1. The van der Waals surface area contributed by atoms with E-state index in [1.165, 1.54) is 11.3 Å². The van der Waals surface area contributed by atoms with Gasteiger partial charge in [-0.15, -0.1) is 21.5 Å². The SMILES string of the molecule is COc1ccc(C(=O)Nc2cc(-c3nnc(C(C)C)o3)sc2C)cc1. The van der Waals surface area contributed by atoms with Crippen LogP contribution in [0.1, 0.15) is 40.9 Å². The van der Waals surface area contributed by atoms with E-state index >= 15 is 0 Å². The zero-order valence-corrected chi connectivity index (χ0v) is 15.3. The van der Waals surface area contributed by atoms with Gasteiger partial charge in [0.2, 0.25) is 5.89 Å². The maximum Gasteiger partial charge on any atom is 0.257 e. The highest BCUT2D eigenvalue weighted by molar-refractivity contribution is 7.15. The fourth-order valence-corrected chi connectivity index (χ4v) is 3.11. The molecule has 3 rings (SSSR count). The first-order chi connectivity index (χ1) is 12.0. The van der Waals surface area contributed by atoms with E-state index in [-0.39, 0.29) is 11.8 Å². The van der Waals surface area contributed by atoms with Crippen LogP contribution < -0.4 is 10.1 Å². The average molecular weight is 357 g/mol. The maximum atomic E-state index is 12.4. The molecule has 130 valence electrons. The van der Waals surface area contributed by atoms with Gasteiger partial charge >= 0.3 is 0 Å². The number of nitrogens with zero attached hydrogens (tertiary/aromatic N) is 2. The molecule has 1 aromatic carbocycles. The number of amides is 1. The highest BCUT2D eigenvalue weighted by Gasteiger charge is 2.16. The molecule has 25 heavy (non-hydrogen) atoms. The van der Waals surface area contributed by atoms with Crippen LogP contribution in [-0.2, 0) is 0 Å². The molecule has 6 nitrogen and oxygen atoms in total. The van der Waals surface area contributed by atoms with E-state index in [1.54, 1.807) is 31.4 Å². The zero-order chi connectivity index (χ0) is 18.0. The summed E-state index contributed by atoms with van der Waals surface area (Å²) in [5.41, 5.74) is 1.30. The second-order valence-electron chi connectivity index (χ2n) is 5.86. The fourth-order valence-electron chi connectivity index (χ4n) is 2.22. The number of thiophene rings is 1. The Bertz CT molecular complexity index is 881. The van der Waals surface area contributed by atoms with Gasteiger partial charge in [0.25, 0.3) is 11.8 Å². The summed E-state index contributed by atoms with van der Waals surface area (Å²) in [6.45, 7) is 5.94. The van der Waals surface area contributed by atoms with Crippen LogP contribution in [0.4, 0.5) is 5.69 Å². The summed E-state index contributed by atoms with van der Waals surface area (Å²) in [5.74, 6) is 1.79. The van der Waals surface area contributed by atoms with Crippen LogP contribution in [0, 0.1) is 6.92 Å². The summed E-state index contributed by atoms with van der Waals surface area (Å²) in [6, 6.07) is 8.83. The molecular formula is C18H19N3O3S. The lowest BCUT2D eigenvalue weighted by Gasteiger charge is -2.05. The molecule has 0 atom stereocenters. The molecule has 0 saturated heterocycles. The molecular weight excluding hydrogens is 338 g/mol. The Hall–Kier alpha value is -2.67. The molecule has 0 aliphatic carbocycles. The monoisotopic (exact) mass is 357 g/mol. The van der Waals surface area contributed by atoms with Crippen LogP contribution in [0.2, 0.25) is 0 Å². The normalized spacial score (nSPS) is 10.9. The third kappa shape index (κ3) is 3.71. The number of hydrogen-bond acceptors (Lipinski definition) is 6. The van der Waals surface area contributed by atoms with Gasteiger partial charge in [-0.1, -0.05) is 13.8 Å². The smallest absolute Gasteiger partial charge is 0.257 e. The summed E-state index contributed by atoms with van der Waals surface area (Å²) in [4.78, 5) is 14.2. The van der Waals surface area contributed by atoms with Gasteiger partial charge in [-0.05, 0) is 37.3 Å². The minimum atomic E-state index is -0.177. The highest BCUT2D eigenvalue weighted by atomic mass is 32.1. The second-order valence-corrected chi connectivity index (χ2v) is 7.12. The quantitative estimate of drug-likeness (QED) is 0.728. The number of rotatable bonds is 5. The zero-order valence-electron chi connectivity index (χ0n) is 14.5. The lowest BCUT2D eigenvalue weighted by atomic mass is 10.2. The van der Waals surface area contributed by atoms with E-state index < -0.39 is 0 Å². The van der Waals surface area contributed by atoms with Crippen LogP contribution in [-0.4, -0.2) is 23.2 Å². The summed E-state index contributed by atoms with van der Waals surface area (Å²) in [7, 11) is 1.59. The number of aromatic nitrogens is 2. The van der Waals surface area contributed by atoms with Gasteiger partial charge in [0.1, 0.15) is 5.75 Å². The van der Waals surface area contributed by atoms with Gasteiger partial charge in [0.15, 0.2) is 0 Å². The molecule has 0 aliphatic rings. The van der Waals surface area contributed by atoms with Crippen molar-refractivity contribution >= 4 is 22.9 Å². The topological polar surface area (TPSA) is 77.2 Å². The minimum Gasteiger partial charge on any atom is -0.497 e. The van der Waals surface area contributed by atoms with Gasteiger partial charge in [-0.25, -0.2) is 0 Å². The first kappa shape index (κ1) is 17.2. The first-order valence-electron chi connectivity index (χ1n) is 7.87. The Kier molecular flexibility index (Phi) is 4.85. The van der Waals surface area contributed by atoms with E-state index in [9.17, 15) is 4.79 Å². The van der Waals surface area contributed by atoms with Crippen molar-refractivity contribution in [2.24, 2.45) is 0 Å². The van der Waals surface area contributed by atoms with Crippen molar-refractivity contribution in [2.75, 3.05) is 12.4 Å². The van der Waals surface area contributed by atoms with Gasteiger partial charge in [-0.3, -0.25) is 4.79 Å². The van der Waals surface area contributed by atoms with Crippen molar-refractivity contribution in [2.45, 2.75) is 26.7 Å². The molecule has 0 aliphatic heterocycles. The van der Waals surface area contributed by atoms with E-state index in [0.29, 0.717) is 23.1 Å². The number of methoxy groups -OCH3 is 1. The summed E-state index contributed by atoms with van der Waals surface area (Å²) >= 11 is 1.50. The van der Waals surface area contributed by atoms with Crippen LogP contribution >= 0.6 is 11.3 Å². The van der Waals surface area contributed by atoms with Crippen molar-refractivity contribution in [3.63, 3.8) is 0 Å². The van der Waals surface area contributed by atoms with Crippen molar-refractivity contribution in [1.82, 2.24) is 10.2 Å². The molecule has 2 heterocycles. The number of aryl methyl sites for hydroxylation is 1. The van der Waals surface area contributed by atoms with E-state index in [2.05, 4.69) is 15.5 Å². The van der Waals surface area contributed by atoms with E-state index in [4.69, 9.17) is 9.15 Å². The average Bonchev–Trinajstić information content (AvgIpc) is 3.22. The Morgan fingerprint density at radius 1 is 1.24 bits per heavy atom. The van der Waals surface area contributed by atoms with Crippen molar-refractivity contribution in [1.29, 1.82) is 0 Å². The lowest BCUT2D eigenvalue weighted by Crippen LogP contribution is -2.11. The number of ether oxygens (including phenoxy) is 1. The van der Waals surface area contributed by atoms with Crippen LogP contribution in [0.3, 0.4) is 0 Å². The van der Waals surface area contributed by atoms with Crippen LogP contribution in [0.25, 0.3) is 10.8 Å². The molecule has 0 bridgehead atoms. The predicted molar refractivity (Wildman–Crippen MR) is 97.4 cm³/mol. The van der Waals surface area contributed by atoms with Crippen LogP contribution in [0.15, 0.2) is 34.7 Å². The molecule has 0 saturated carbocycles. The number of nitrogens with one attached hydrogen (secondary N) is 1. The molecule has 7 heteroatoms. The fraction of sp³-hybridized carbons (Fsp3) is 0.278. The molecule has 0 spiro atoms. The summed E-state index contributed by atoms with van der Waals surface area (Å²) in [5, 5.41) is 11.1. The number of benzene rings is 1. The standard InChI is InChI=1S/C18H19N3O3S/c1-10(2)17-20-21-18(24-17)15-9-14(11(3)25-15)19-16(22)12-5-7-13(23-4)8-6-12/h5-10H,1-4H3,(H,19,22). The molecule has 2 aromatic heterocycles. The third-order valence-electron chi connectivity index (χ3n) is 3.66. The molecule has 0 unspecified atom stereocenters. The van der Waals surface area contributed by atoms with Crippen molar-refractivity contribution in [3.8, 4) is 16.5 Å². The summed E-state index contributed by atoms with van der Waals surface area (Å²) in [6.07, 6.45) is 0. The van der Waals surface area contributed by atoms with E-state index in [1.807, 2.05) is 26.8 Å². The number of anilines is 1. The Morgan fingerprint density at radius 3 is 2.56 bits per heavy atom. The van der Waals surface area contributed by atoms with Crippen molar-refractivity contribution < 1.29 is 13.9 Å². The number of carbonyl (C=O) groups is 1. The second kappa shape index (κ2) is 7.06. The Labute approximate surface area is 149 Å². The summed E-state index contributed by atoms with van der Waals surface area (Å²) < 4.78 is 10.8. The van der Waals surface area contributed by atoms with E-state index in [0.717, 1.165) is 15.4 Å². The highest BCUT2D eigenvalue weighted by Crippen LogP contribution is 2.34. The largest absolute Gasteiger partial charge is 0.497 e. The van der Waals surface area contributed by atoms with Gasteiger partial charge in [-0.2, -0.15) is 0 Å². The Morgan fingerprint density at radius 2 is 1.96 bits per heavy atom. The molecule has 0 radical (unpaired) electrons. The van der Waals surface area contributed by atoms with Crippen molar-refractivity contribution in [3.05, 3.63) is 46.7 Å². The first-order valence-corrected chi connectivity index (χ1v) is 8.69. The molecule has 0 fully saturated rings. The van der Waals surface area contributed by atoms with Gasteiger partial charge in [0, 0.05) is 16.4 Å².